The lowest BCUT2D eigenvalue weighted by molar-refractivity contribution is 0.0982. The topological polar surface area (TPSA) is 53.2 Å². The van der Waals surface area contributed by atoms with Crippen LogP contribution in [-0.4, -0.2) is 10.9 Å². The van der Waals surface area contributed by atoms with Crippen LogP contribution in [0.5, 0.6) is 0 Å². The molecule has 30 heavy (non-hydrogen) atoms. The summed E-state index contributed by atoms with van der Waals surface area (Å²) in [6.45, 7) is 6.40. The highest BCUT2D eigenvalue weighted by molar-refractivity contribution is 6.07. The Bertz CT molecular complexity index is 1050. The molecule has 0 radical (unpaired) electrons. The molecule has 3 aromatic rings. The van der Waals surface area contributed by atoms with Crippen molar-refractivity contribution in [3.8, 4) is 0 Å². The highest BCUT2D eigenvalue weighted by atomic mass is 16.2. The average Bonchev–Trinajstić information content (AvgIpc) is 2.73. The summed E-state index contributed by atoms with van der Waals surface area (Å²) in [7, 11) is 0. The number of para-hydroxylation sites is 1. The van der Waals surface area contributed by atoms with Gasteiger partial charge in [-0.25, -0.2) is 0 Å². The zero-order valence-electron chi connectivity index (χ0n) is 18.1. The van der Waals surface area contributed by atoms with Gasteiger partial charge in [0.05, 0.1) is 6.54 Å². The Balaban J connectivity index is 2.07. The van der Waals surface area contributed by atoms with E-state index in [1.807, 2.05) is 68.4 Å². The number of aromatic amines is 1. The second kappa shape index (κ2) is 10.1. The first-order valence-electron chi connectivity index (χ1n) is 10.7. The van der Waals surface area contributed by atoms with Crippen molar-refractivity contribution in [1.29, 1.82) is 0 Å². The fourth-order valence-corrected chi connectivity index (χ4v) is 3.76. The van der Waals surface area contributed by atoms with Gasteiger partial charge in [-0.15, -0.1) is 0 Å². The molecular formula is C26H30N2O2. The number of carbonyl (C=O) groups is 1. The van der Waals surface area contributed by atoms with Gasteiger partial charge in [-0.05, 0) is 43.9 Å². The van der Waals surface area contributed by atoms with Gasteiger partial charge in [0.1, 0.15) is 5.56 Å². The van der Waals surface area contributed by atoms with Crippen LogP contribution in [0.15, 0.2) is 65.5 Å². The fraction of sp³-hybridized carbons (Fsp3) is 0.308. The molecule has 1 aromatic heterocycles. The monoisotopic (exact) mass is 402 g/mol. The number of benzene rings is 2. The Morgan fingerprint density at radius 1 is 0.967 bits per heavy atom. The first-order valence-corrected chi connectivity index (χ1v) is 10.7. The third-order valence-electron chi connectivity index (χ3n) is 5.32. The summed E-state index contributed by atoms with van der Waals surface area (Å²) in [5.41, 5.74) is 4.41. The van der Waals surface area contributed by atoms with E-state index in [0.29, 0.717) is 13.0 Å². The van der Waals surface area contributed by atoms with E-state index in [2.05, 4.69) is 11.9 Å². The van der Waals surface area contributed by atoms with E-state index in [-0.39, 0.29) is 16.9 Å². The lowest BCUT2D eigenvalue weighted by atomic mass is 10.0. The van der Waals surface area contributed by atoms with Gasteiger partial charge in [-0.3, -0.25) is 9.59 Å². The average molecular weight is 403 g/mol. The van der Waals surface area contributed by atoms with Crippen LogP contribution in [0.25, 0.3) is 0 Å². The van der Waals surface area contributed by atoms with E-state index >= 15 is 0 Å². The van der Waals surface area contributed by atoms with Crippen molar-refractivity contribution in [2.75, 3.05) is 4.90 Å². The van der Waals surface area contributed by atoms with Crippen LogP contribution in [0, 0.1) is 13.8 Å². The molecule has 0 fully saturated rings. The first-order chi connectivity index (χ1) is 14.5. The van der Waals surface area contributed by atoms with E-state index in [1.165, 1.54) is 6.07 Å². The predicted octanol–water partition coefficient (Wildman–Crippen LogP) is 5.57. The van der Waals surface area contributed by atoms with Crippen molar-refractivity contribution in [3.05, 3.63) is 99.0 Å². The second-order valence-electron chi connectivity index (χ2n) is 7.79. The largest absolute Gasteiger partial charge is 0.362 e. The van der Waals surface area contributed by atoms with Gasteiger partial charge in [0.25, 0.3) is 5.91 Å². The third kappa shape index (κ3) is 5.07. The maximum Gasteiger partial charge on any atom is 0.264 e. The number of aromatic nitrogens is 1. The maximum absolute atomic E-state index is 13.8. The van der Waals surface area contributed by atoms with E-state index in [4.69, 9.17) is 0 Å². The number of nitrogens with zero attached hydrogens (tertiary/aromatic N) is 1. The molecule has 1 N–H and O–H groups in total. The highest BCUT2D eigenvalue weighted by Gasteiger charge is 2.25. The van der Waals surface area contributed by atoms with Gasteiger partial charge < -0.3 is 9.88 Å². The first kappa shape index (κ1) is 21.6. The summed E-state index contributed by atoms with van der Waals surface area (Å²) in [6, 6.07) is 19.2. The molecule has 0 bridgehead atoms. The summed E-state index contributed by atoms with van der Waals surface area (Å²) in [5.74, 6) is -0.249. The molecule has 0 saturated heterocycles. The minimum Gasteiger partial charge on any atom is -0.362 e. The number of nitrogens with one attached hydrogen (secondary N) is 1. The predicted molar refractivity (Wildman–Crippen MR) is 123 cm³/mol. The maximum atomic E-state index is 13.8. The quantitative estimate of drug-likeness (QED) is 0.501. The second-order valence-corrected chi connectivity index (χ2v) is 7.79. The number of hydrogen-bond donors (Lipinski definition) is 1. The number of hydrogen-bond acceptors (Lipinski definition) is 2. The van der Waals surface area contributed by atoms with Crippen LogP contribution >= 0.6 is 0 Å². The smallest absolute Gasteiger partial charge is 0.264 e. The molecule has 1 amide bonds. The molecule has 2 aromatic carbocycles. The standard InChI is InChI=1S/C26H30N2O2/c1-4-5-7-15-22-25(24(29)17-20(3)27-22)26(30)28(18-21-13-8-6-9-14-21)23-16-11-10-12-19(23)2/h6,8-14,16-17H,4-5,7,15,18H2,1-3H3,(H,27,29). The molecule has 4 nitrogen and oxygen atoms in total. The Kier molecular flexibility index (Phi) is 7.23. The Hall–Kier alpha value is -3.14. The minimum absolute atomic E-state index is 0.214. The Morgan fingerprint density at radius 3 is 2.37 bits per heavy atom. The summed E-state index contributed by atoms with van der Waals surface area (Å²) in [6.07, 6.45) is 3.79. The van der Waals surface area contributed by atoms with E-state index in [9.17, 15) is 9.59 Å². The van der Waals surface area contributed by atoms with E-state index in [0.717, 1.165) is 47.5 Å². The van der Waals surface area contributed by atoms with Crippen LogP contribution in [0.4, 0.5) is 5.69 Å². The number of anilines is 1. The summed E-state index contributed by atoms with van der Waals surface area (Å²) in [5, 5.41) is 0. The van der Waals surface area contributed by atoms with Crippen molar-refractivity contribution in [2.45, 2.75) is 53.0 Å². The van der Waals surface area contributed by atoms with Gasteiger partial charge in [0.15, 0.2) is 5.43 Å². The molecule has 3 rings (SSSR count). The normalized spacial score (nSPS) is 10.8. The number of aryl methyl sites for hydroxylation is 3. The zero-order chi connectivity index (χ0) is 21.5. The van der Waals surface area contributed by atoms with Crippen LogP contribution in [0.1, 0.15) is 59.1 Å². The lowest BCUT2D eigenvalue weighted by Crippen LogP contribution is -2.36. The summed E-state index contributed by atoms with van der Waals surface area (Å²) >= 11 is 0. The SMILES string of the molecule is CCCCCc1[nH]c(C)cc(=O)c1C(=O)N(Cc1ccccc1)c1ccccc1C. The molecule has 0 spiro atoms. The molecule has 4 heteroatoms. The molecule has 0 aliphatic rings. The fourth-order valence-electron chi connectivity index (χ4n) is 3.76. The van der Waals surface area contributed by atoms with Crippen molar-refractivity contribution < 1.29 is 4.79 Å². The van der Waals surface area contributed by atoms with Crippen molar-refractivity contribution in [2.24, 2.45) is 0 Å². The number of H-pyrrole nitrogens is 1. The third-order valence-corrected chi connectivity index (χ3v) is 5.32. The molecule has 0 aliphatic carbocycles. The molecule has 1 heterocycles. The van der Waals surface area contributed by atoms with Crippen LogP contribution in [0.2, 0.25) is 0 Å². The van der Waals surface area contributed by atoms with Gasteiger partial charge in [0, 0.05) is 23.1 Å². The van der Waals surface area contributed by atoms with Gasteiger partial charge in [-0.1, -0.05) is 68.3 Å². The van der Waals surface area contributed by atoms with Gasteiger partial charge >= 0.3 is 0 Å². The number of carbonyl (C=O) groups excluding carboxylic acids is 1. The number of pyridine rings is 1. The molecule has 0 saturated carbocycles. The Labute approximate surface area is 178 Å². The zero-order valence-corrected chi connectivity index (χ0v) is 18.1. The number of unbranched alkanes of at least 4 members (excludes halogenated alkanes) is 2. The number of amides is 1. The lowest BCUT2D eigenvalue weighted by Gasteiger charge is -2.25. The molecular weight excluding hydrogens is 372 g/mol. The molecule has 0 aliphatic heterocycles. The molecule has 0 atom stereocenters. The summed E-state index contributed by atoms with van der Waals surface area (Å²) < 4.78 is 0. The molecule has 156 valence electrons. The van der Waals surface area contributed by atoms with Gasteiger partial charge in [-0.2, -0.15) is 0 Å². The van der Waals surface area contributed by atoms with Crippen LogP contribution in [0.3, 0.4) is 0 Å². The van der Waals surface area contributed by atoms with Crippen molar-refractivity contribution in [3.63, 3.8) is 0 Å². The summed E-state index contributed by atoms with van der Waals surface area (Å²) in [4.78, 5) is 31.8. The minimum atomic E-state index is -0.249. The van der Waals surface area contributed by atoms with Crippen LogP contribution in [-0.2, 0) is 13.0 Å². The molecule has 0 unspecified atom stereocenters. The van der Waals surface area contributed by atoms with Crippen molar-refractivity contribution >= 4 is 11.6 Å². The van der Waals surface area contributed by atoms with Crippen LogP contribution < -0.4 is 10.3 Å². The van der Waals surface area contributed by atoms with E-state index < -0.39 is 0 Å². The van der Waals surface area contributed by atoms with Crippen molar-refractivity contribution in [1.82, 2.24) is 4.98 Å². The number of rotatable bonds is 8. The highest BCUT2D eigenvalue weighted by Crippen LogP contribution is 2.24. The Morgan fingerprint density at radius 2 is 1.67 bits per heavy atom. The van der Waals surface area contributed by atoms with E-state index in [1.54, 1.807) is 4.90 Å². The van der Waals surface area contributed by atoms with Gasteiger partial charge in [0.2, 0.25) is 0 Å².